The minimum absolute atomic E-state index is 0.879. The molecule has 3 nitrogen and oxygen atoms in total. The predicted molar refractivity (Wildman–Crippen MR) is 106 cm³/mol. The van der Waals surface area contributed by atoms with Gasteiger partial charge in [0, 0.05) is 26.3 Å². The van der Waals surface area contributed by atoms with Crippen molar-refractivity contribution in [3.05, 3.63) is 71.8 Å². The lowest BCUT2D eigenvalue weighted by atomic mass is 10.2. The van der Waals surface area contributed by atoms with Gasteiger partial charge in [0.05, 0.1) is 0 Å². The summed E-state index contributed by atoms with van der Waals surface area (Å²) in [5, 5.41) is 6.95. The van der Waals surface area contributed by atoms with E-state index in [1.807, 2.05) is 0 Å². The lowest BCUT2D eigenvalue weighted by Gasteiger charge is -2.07. The van der Waals surface area contributed by atoms with Crippen LogP contribution in [0.5, 0.6) is 0 Å². The Morgan fingerprint density at radius 3 is 1.44 bits per heavy atom. The molecule has 2 N–H and O–H groups in total. The summed E-state index contributed by atoms with van der Waals surface area (Å²) >= 11 is 0. The molecule has 2 rings (SSSR count). The molecule has 0 spiro atoms. The highest BCUT2D eigenvalue weighted by atomic mass is 16.5. The summed E-state index contributed by atoms with van der Waals surface area (Å²) in [6.45, 7) is 5.79. The van der Waals surface area contributed by atoms with Crippen LogP contribution in [0.3, 0.4) is 0 Å². The topological polar surface area (TPSA) is 33.3 Å². The molecule has 0 radical (unpaired) electrons. The van der Waals surface area contributed by atoms with E-state index in [0.717, 1.165) is 52.2 Å². The highest BCUT2D eigenvalue weighted by Gasteiger charge is 1.94. The molecule has 0 atom stereocenters. The number of benzene rings is 2. The minimum atomic E-state index is 0.879. The first kappa shape index (κ1) is 19.6. The van der Waals surface area contributed by atoms with Gasteiger partial charge in [0.15, 0.2) is 0 Å². The van der Waals surface area contributed by atoms with Crippen molar-refractivity contribution in [3.63, 3.8) is 0 Å². The summed E-state index contributed by atoms with van der Waals surface area (Å²) in [5.74, 6) is 0. The summed E-state index contributed by atoms with van der Waals surface area (Å²) < 4.78 is 5.71. The lowest BCUT2D eigenvalue weighted by molar-refractivity contribution is 0.126. The Bertz CT molecular complexity index is 481. The fraction of sp³-hybridized carbons (Fsp3) is 0.455. The van der Waals surface area contributed by atoms with Gasteiger partial charge in [-0.1, -0.05) is 60.7 Å². The van der Waals surface area contributed by atoms with E-state index in [1.165, 1.54) is 24.0 Å². The molecule has 0 aliphatic rings. The molecular formula is C22H32N2O. The molecule has 0 saturated heterocycles. The van der Waals surface area contributed by atoms with E-state index >= 15 is 0 Å². The molecular weight excluding hydrogens is 308 g/mol. The Morgan fingerprint density at radius 2 is 1.00 bits per heavy atom. The summed E-state index contributed by atoms with van der Waals surface area (Å²) in [7, 11) is 0. The Balaban J connectivity index is 1.30. The van der Waals surface area contributed by atoms with Crippen LogP contribution in [0, 0.1) is 0 Å². The molecule has 2 aromatic rings. The second-order valence-electron chi connectivity index (χ2n) is 6.35. The van der Waals surface area contributed by atoms with E-state index < -0.39 is 0 Å². The van der Waals surface area contributed by atoms with Crippen molar-refractivity contribution in [1.29, 1.82) is 0 Å². The van der Waals surface area contributed by atoms with Crippen molar-refractivity contribution in [2.24, 2.45) is 0 Å². The van der Waals surface area contributed by atoms with Crippen molar-refractivity contribution in [3.8, 4) is 0 Å². The fourth-order valence-corrected chi connectivity index (χ4v) is 2.67. The second-order valence-corrected chi connectivity index (χ2v) is 6.35. The number of rotatable bonds is 14. The van der Waals surface area contributed by atoms with Crippen LogP contribution in [-0.4, -0.2) is 26.3 Å². The van der Waals surface area contributed by atoms with Gasteiger partial charge < -0.3 is 15.4 Å². The summed E-state index contributed by atoms with van der Waals surface area (Å²) in [6.07, 6.45) is 4.61. The molecule has 0 fully saturated rings. The zero-order chi connectivity index (χ0) is 17.4. The Hall–Kier alpha value is -1.68. The van der Waals surface area contributed by atoms with Gasteiger partial charge in [-0.25, -0.2) is 0 Å². The van der Waals surface area contributed by atoms with Crippen LogP contribution in [-0.2, 0) is 17.8 Å². The zero-order valence-corrected chi connectivity index (χ0v) is 15.3. The molecule has 0 amide bonds. The lowest BCUT2D eigenvalue weighted by Crippen LogP contribution is -2.16. The van der Waals surface area contributed by atoms with Crippen molar-refractivity contribution in [2.75, 3.05) is 26.3 Å². The van der Waals surface area contributed by atoms with Crippen LogP contribution >= 0.6 is 0 Å². The smallest absolute Gasteiger partial charge is 0.0466 e. The number of hydrogen-bond acceptors (Lipinski definition) is 3. The van der Waals surface area contributed by atoms with Gasteiger partial charge in [-0.05, 0) is 49.9 Å². The van der Waals surface area contributed by atoms with Crippen molar-refractivity contribution in [1.82, 2.24) is 10.6 Å². The first-order chi connectivity index (χ1) is 12.4. The van der Waals surface area contributed by atoms with E-state index in [4.69, 9.17) is 4.74 Å². The molecule has 0 aromatic heterocycles. The van der Waals surface area contributed by atoms with Crippen LogP contribution < -0.4 is 10.6 Å². The molecule has 0 bridgehead atoms. The van der Waals surface area contributed by atoms with E-state index in [2.05, 4.69) is 71.3 Å². The number of ether oxygens (including phenoxy) is 1. The maximum absolute atomic E-state index is 5.71. The quantitative estimate of drug-likeness (QED) is 0.507. The highest BCUT2D eigenvalue weighted by Crippen LogP contribution is 1.99. The molecule has 0 aliphatic heterocycles. The first-order valence-corrected chi connectivity index (χ1v) is 9.52. The van der Waals surface area contributed by atoms with Gasteiger partial charge in [0.2, 0.25) is 0 Å². The Morgan fingerprint density at radius 1 is 0.560 bits per heavy atom. The van der Waals surface area contributed by atoms with Crippen molar-refractivity contribution >= 4 is 0 Å². The minimum Gasteiger partial charge on any atom is -0.381 e. The molecule has 0 unspecified atom stereocenters. The van der Waals surface area contributed by atoms with E-state index in [0.29, 0.717) is 0 Å². The third-order valence-corrected chi connectivity index (χ3v) is 4.13. The molecule has 3 heteroatoms. The van der Waals surface area contributed by atoms with Gasteiger partial charge >= 0.3 is 0 Å². The van der Waals surface area contributed by atoms with Crippen LogP contribution in [0.25, 0.3) is 0 Å². The van der Waals surface area contributed by atoms with Gasteiger partial charge in [0.25, 0.3) is 0 Å². The maximum Gasteiger partial charge on any atom is 0.0466 e. The summed E-state index contributed by atoms with van der Waals surface area (Å²) in [4.78, 5) is 0. The summed E-state index contributed by atoms with van der Waals surface area (Å²) in [5.41, 5.74) is 2.69. The molecule has 136 valence electrons. The molecule has 0 aliphatic carbocycles. The highest BCUT2D eigenvalue weighted by molar-refractivity contribution is 5.14. The average molecular weight is 341 g/mol. The molecule has 2 aromatic carbocycles. The number of hydrogen-bond donors (Lipinski definition) is 2. The van der Waals surface area contributed by atoms with Crippen LogP contribution in [0.1, 0.15) is 36.8 Å². The summed E-state index contributed by atoms with van der Waals surface area (Å²) in [6, 6.07) is 21.1. The third kappa shape index (κ3) is 10.0. The van der Waals surface area contributed by atoms with Gasteiger partial charge in [0.1, 0.15) is 0 Å². The first-order valence-electron chi connectivity index (χ1n) is 9.52. The van der Waals surface area contributed by atoms with Crippen LogP contribution in [0.4, 0.5) is 0 Å². The Labute approximate surface area is 152 Å². The van der Waals surface area contributed by atoms with Crippen LogP contribution in [0.15, 0.2) is 60.7 Å². The van der Waals surface area contributed by atoms with E-state index in [9.17, 15) is 0 Å². The molecule has 0 saturated carbocycles. The van der Waals surface area contributed by atoms with Gasteiger partial charge in [-0.15, -0.1) is 0 Å². The third-order valence-electron chi connectivity index (χ3n) is 4.13. The van der Waals surface area contributed by atoms with Gasteiger partial charge in [-0.2, -0.15) is 0 Å². The zero-order valence-electron chi connectivity index (χ0n) is 15.3. The average Bonchev–Trinajstić information content (AvgIpc) is 2.67. The fourth-order valence-electron chi connectivity index (χ4n) is 2.67. The maximum atomic E-state index is 5.71. The van der Waals surface area contributed by atoms with Crippen molar-refractivity contribution in [2.45, 2.75) is 38.8 Å². The van der Waals surface area contributed by atoms with E-state index in [-0.39, 0.29) is 0 Å². The van der Waals surface area contributed by atoms with E-state index in [1.54, 1.807) is 0 Å². The van der Waals surface area contributed by atoms with Gasteiger partial charge in [-0.3, -0.25) is 0 Å². The van der Waals surface area contributed by atoms with Crippen molar-refractivity contribution < 1.29 is 4.74 Å². The SMILES string of the molecule is c1ccc(CNCCCCOCCCCNCc2ccccc2)cc1. The molecule has 25 heavy (non-hydrogen) atoms. The Kier molecular flexibility index (Phi) is 10.7. The second kappa shape index (κ2) is 13.6. The predicted octanol–water partition coefficient (Wildman–Crippen LogP) is 4.14. The molecule has 0 heterocycles. The number of unbranched alkanes of at least 4 members (excludes halogenated alkanes) is 2. The standard InChI is InChI=1S/C22H32N2O/c1-3-11-21(12-4-1)19-23-15-7-9-17-25-18-10-8-16-24-20-22-13-5-2-6-14-22/h1-6,11-14,23-24H,7-10,15-20H2. The number of nitrogens with one attached hydrogen (secondary N) is 2. The largest absolute Gasteiger partial charge is 0.381 e. The van der Waals surface area contributed by atoms with Crippen LogP contribution in [0.2, 0.25) is 0 Å². The monoisotopic (exact) mass is 340 g/mol. The normalized spacial score (nSPS) is 10.9.